The molecule has 0 rings (SSSR count). The van der Waals surface area contributed by atoms with E-state index in [4.69, 9.17) is 4.74 Å². The lowest BCUT2D eigenvalue weighted by Crippen LogP contribution is -2.03. The number of hydrogen-bond donors (Lipinski definition) is 1. The van der Waals surface area contributed by atoms with Gasteiger partial charge in [0.2, 0.25) is 0 Å². The molecule has 1 nitrogen and oxygen atoms in total. The number of hydrogen-bond acceptors (Lipinski definition) is 3. The van der Waals surface area contributed by atoms with Crippen LogP contribution in [0.2, 0.25) is 0 Å². The Hall–Kier alpha value is 0.660. The Morgan fingerprint density at radius 2 is 2.18 bits per heavy atom. The molecule has 0 aromatic rings. The topological polar surface area (TPSA) is 9.23 Å². The molecule has 0 aromatic carbocycles. The van der Waals surface area contributed by atoms with Gasteiger partial charge >= 0.3 is 0 Å². The summed E-state index contributed by atoms with van der Waals surface area (Å²) in [7, 11) is 0. The van der Waals surface area contributed by atoms with Gasteiger partial charge in [0, 0.05) is 16.8 Å². The van der Waals surface area contributed by atoms with Crippen molar-refractivity contribution in [2.24, 2.45) is 0 Å². The first-order valence-electron chi connectivity index (χ1n) is 4.11. The lowest BCUT2D eigenvalue weighted by atomic mass is 10.4. The molecule has 0 aromatic heterocycles. The molecule has 11 heavy (non-hydrogen) atoms. The van der Waals surface area contributed by atoms with Crippen LogP contribution in [0.3, 0.4) is 0 Å². The zero-order valence-corrected chi connectivity index (χ0v) is 9.09. The summed E-state index contributed by atoms with van der Waals surface area (Å²) in [6.07, 6.45) is 1.25. The summed E-state index contributed by atoms with van der Waals surface area (Å²) in [5, 5.41) is 0.773. The zero-order chi connectivity index (χ0) is 8.53. The summed E-state index contributed by atoms with van der Waals surface area (Å²) < 4.78 is 5.28. The first kappa shape index (κ1) is 11.7. The predicted molar refractivity (Wildman–Crippen MR) is 56.9 cm³/mol. The fourth-order valence-corrected chi connectivity index (χ4v) is 1.57. The van der Waals surface area contributed by atoms with E-state index < -0.39 is 0 Å². The van der Waals surface area contributed by atoms with E-state index in [1.165, 1.54) is 6.42 Å². The molecule has 0 fully saturated rings. The SMILES string of the molecule is CCC(C)SCCOCCS. The number of rotatable bonds is 7. The third kappa shape index (κ3) is 8.57. The molecule has 0 aliphatic heterocycles. The summed E-state index contributed by atoms with van der Waals surface area (Å²) in [4.78, 5) is 0. The van der Waals surface area contributed by atoms with Crippen molar-refractivity contribution in [2.45, 2.75) is 25.5 Å². The van der Waals surface area contributed by atoms with Crippen molar-refractivity contribution < 1.29 is 4.74 Å². The Kier molecular flexibility index (Phi) is 9.28. The molecule has 1 unspecified atom stereocenters. The fourth-order valence-electron chi connectivity index (χ4n) is 0.593. The lowest BCUT2D eigenvalue weighted by Gasteiger charge is -2.07. The molecule has 0 radical (unpaired) electrons. The standard InChI is InChI=1S/C8H18OS2/c1-3-8(2)11-7-5-9-4-6-10/h8,10H,3-7H2,1-2H3. The van der Waals surface area contributed by atoms with E-state index in [0.29, 0.717) is 0 Å². The molecule has 3 heteroatoms. The van der Waals surface area contributed by atoms with Gasteiger partial charge in [-0.3, -0.25) is 0 Å². The monoisotopic (exact) mass is 194 g/mol. The van der Waals surface area contributed by atoms with Crippen LogP contribution in [0, 0.1) is 0 Å². The van der Waals surface area contributed by atoms with E-state index in [9.17, 15) is 0 Å². The first-order chi connectivity index (χ1) is 5.31. The lowest BCUT2D eigenvalue weighted by molar-refractivity contribution is 0.167. The van der Waals surface area contributed by atoms with Crippen LogP contribution in [-0.4, -0.2) is 30.0 Å². The normalized spacial score (nSPS) is 13.4. The molecule has 0 spiro atoms. The van der Waals surface area contributed by atoms with Crippen molar-refractivity contribution in [1.29, 1.82) is 0 Å². The minimum absolute atomic E-state index is 0.773. The van der Waals surface area contributed by atoms with Crippen LogP contribution in [0.5, 0.6) is 0 Å². The van der Waals surface area contributed by atoms with Gasteiger partial charge in [-0.05, 0) is 6.42 Å². The van der Waals surface area contributed by atoms with Crippen LogP contribution in [-0.2, 0) is 4.74 Å². The first-order valence-corrected chi connectivity index (χ1v) is 5.79. The Morgan fingerprint density at radius 3 is 2.73 bits per heavy atom. The largest absolute Gasteiger partial charge is 0.380 e. The maximum atomic E-state index is 5.28. The average molecular weight is 194 g/mol. The van der Waals surface area contributed by atoms with Crippen molar-refractivity contribution >= 4 is 24.4 Å². The summed E-state index contributed by atoms with van der Waals surface area (Å²) in [6, 6.07) is 0. The highest BCUT2D eigenvalue weighted by Gasteiger charge is 1.97. The maximum absolute atomic E-state index is 5.28. The van der Waals surface area contributed by atoms with E-state index in [-0.39, 0.29) is 0 Å². The molecule has 0 aliphatic rings. The van der Waals surface area contributed by atoms with Gasteiger partial charge in [0.25, 0.3) is 0 Å². The highest BCUT2D eigenvalue weighted by Crippen LogP contribution is 2.12. The highest BCUT2D eigenvalue weighted by molar-refractivity contribution is 7.99. The molecule has 0 saturated carbocycles. The minimum Gasteiger partial charge on any atom is -0.380 e. The summed E-state index contributed by atoms with van der Waals surface area (Å²) in [5.74, 6) is 1.94. The third-order valence-corrected chi connectivity index (χ3v) is 2.93. The molecular formula is C8H18OS2. The quantitative estimate of drug-likeness (QED) is 0.492. The van der Waals surface area contributed by atoms with Crippen molar-refractivity contribution in [1.82, 2.24) is 0 Å². The maximum Gasteiger partial charge on any atom is 0.0557 e. The molecule has 1 atom stereocenters. The fraction of sp³-hybridized carbons (Fsp3) is 1.00. The van der Waals surface area contributed by atoms with Gasteiger partial charge < -0.3 is 4.74 Å². The molecular weight excluding hydrogens is 176 g/mol. The molecule has 0 saturated heterocycles. The Labute approximate surface area is 79.7 Å². The average Bonchev–Trinajstić information content (AvgIpc) is 2.04. The summed E-state index contributed by atoms with van der Waals surface area (Å²) in [6.45, 7) is 6.12. The van der Waals surface area contributed by atoms with Gasteiger partial charge in [-0.2, -0.15) is 24.4 Å². The highest BCUT2D eigenvalue weighted by atomic mass is 32.2. The Bertz CT molecular complexity index is 78.5. The van der Waals surface area contributed by atoms with Crippen molar-refractivity contribution in [3.63, 3.8) is 0 Å². The molecule has 68 valence electrons. The molecule has 0 N–H and O–H groups in total. The van der Waals surface area contributed by atoms with Crippen molar-refractivity contribution in [3.05, 3.63) is 0 Å². The molecule has 0 heterocycles. The van der Waals surface area contributed by atoms with Gasteiger partial charge in [-0.1, -0.05) is 13.8 Å². The van der Waals surface area contributed by atoms with Crippen LogP contribution >= 0.6 is 24.4 Å². The van der Waals surface area contributed by atoms with Crippen molar-refractivity contribution in [2.75, 3.05) is 24.7 Å². The smallest absolute Gasteiger partial charge is 0.0557 e. The Morgan fingerprint density at radius 1 is 1.45 bits per heavy atom. The second-order valence-corrected chi connectivity index (χ2v) is 4.42. The van der Waals surface area contributed by atoms with E-state index in [1.54, 1.807) is 0 Å². The number of thioether (sulfide) groups is 1. The van der Waals surface area contributed by atoms with E-state index >= 15 is 0 Å². The minimum atomic E-state index is 0.773. The second-order valence-electron chi connectivity index (χ2n) is 2.43. The number of thiol groups is 1. The van der Waals surface area contributed by atoms with Crippen LogP contribution < -0.4 is 0 Å². The van der Waals surface area contributed by atoms with Gasteiger partial charge in [0.1, 0.15) is 0 Å². The van der Waals surface area contributed by atoms with Gasteiger partial charge in [-0.25, -0.2) is 0 Å². The summed E-state index contributed by atoms with van der Waals surface area (Å²) >= 11 is 6.03. The van der Waals surface area contributed by atoms with Gasteiger partial charge in [0.15, 0.2) is 0 Å². The number of ether oxygens (including phenoxy) is 1. The van der Waals surface area contributed by atoms with Crippen LogP contribution in [0.4, 0.5) is 0 Å². The molecule has 0 bridgehead atoms. The van der Waals surface area contributed by atoms with E-state index in [1.807, 2.05) is 11.8 Å². The summed E-state index contributed by atoms with van der Waals surface area (Å²) in [5.41, 5.74) is 0. The van der Waals surface area contributed by atoms with E-state index in [2.05, 4.69) is 26.5 Å². The van der Waals surface area contributed by atoms with Gasteiger partial charge in [-0.15, -0.1) is 0 Å². The molecule has 0 aliphatic carbocycles. The second kappa shape index (κ2) is 8.75. The van der Waals surface area contributed by atoms with Crippen LogP contribution in [0.25, 0.3) is 0 Å². The molecule has 0 amide bonds. The zero-order valence-electron chi connectivity index (χ0n) is 7.38. The Balaban J connectivity index is 2.89. The van der Waals surface area contributed by atoms with Crippen LogP contribution in [0.1, 0.15) is 20.3 Å². The third-order valence-electron chi connectivity index (χ3n) is 1.44. The predicted octanol–water partition coefficient (Wildman–Crippen LogP) is 2.46. The van der Waals surface area contributed by atoms with E-state index in [0.717, 1.165) is 30.0 Å². The van der Waals surface area contributed by atoms with Crippen LogP contribution in [0.15, 0.2) is 0 Å². The van der Waals surface area contributed by atoms with Gasteiger partial charge in [0.05, 0.1) is 13.2 Å². The van der Waals surface area contributed by atoms with Crippen molar-refractivity contribution in [3.8, 4) is 0 Å².